The van der Waals surface area contributed by atoms with E-state index in [1.54, 1.807) is 6.20 Å². The van der Waals surface area contributed by atoms with E-state index in [-0.39, 0.29) is 24.0 Å². The van der Waals surface area contributed by atoms with E-state index < -0.39 is 0 Å². The molecule has 0 aliphatic heterocycles. The summed E-state index contributed by atoms with van der Waals surface area (Å²) in [5, 5.41) is 6.58. The third-order valence-corrected chi connectivity index (χ3v) is 3.41. The number of aryl methyl sites for hydroxylation is 2. The Morgan fingerprint density at radius 2 is 1.96 bits per heavy atom. The van der Waals surface area contributed by atoms with Crippen LogP contribution in [0.1, 0.15) is 29.3 Å². The number of hydrogen-bond acceptors (Lipinski definition) is 2. The summed E-state index contributed by atoms with van der Waals surface area (Å²) in [5.41, 5.74) is 4.81. The molecule has 23 heavy (non-hydrogen) atoms. The van der Waals surface area contributed by atoms with Gasteiger partial charge < -0.3 is 10.6 Å². The van der Waals surface area contributed by atoms with E-state index in [0.717, 1.165) is 18.2 Å². The van der Waals surface area contributed by atoms with Crippen molar-refractivity contribution in [2.75, 3.05) is 6.54 Å². The van der Waals surface area contributed by atoms with Crippen LogP contribution < -0.4 is 10.6 Å². The Hall–Kier alpha value is -1.63. The van der Waals surface area contributed by atoms with Crippen molar-refractivity contribution < 1.29 is 0 Å². The van der Waals surface area contributed by atoms with Crippen molar-refractivity contribution in [2.45, 2.75) is 33.9 Å². The Balaban J connectivity index is 0.00000264. The van der Waals surface area contributed by atoms with Gasteiger partial charge in [-0.05, 0) is 44.0 Å². The smallest absolute Gasteiger partial charge is 0.191 e. The monoisotopic (exact) mass is 424 g/mol. The van der Waals surface area contributed by atoms with Gasteiger partial charge in [0.1, 0.15) is 0 Å². The number of rotatable bonds is 5. The Morgan fingerprint density at radius 3 is 2.61 bits per heavy atom. The molecule has 1 aromatic carbocycles. The van der Waals surface area contributed by atoms with Gasteiger partial charge in [-0.1, -0.05) is 29.8 Å². The normalized spacial score (nSPS) is 10.8. The van der Waals surface area contributed by atoms with Crippen molar-refractivity contribution in [3.8, 4) is 0 Å². The zero-order chi connectivity index (χ0) is 15.8. The molecule has 4 nitrogen and oxygen atoms in total. The van der Waals surface area contributed by atoms with Crippen LogP contribution in [0.5, 0.6) is 0 Å². The fourth-order valence-corrected chi connectivity index (χ4v) is 2.21. The maximum Gasteiger partial charge on any atom is 0.191 e. The van der Waals surface area contributed by atoms with Gasteiger partial charge in [-0.15, -0.1) is 24.0 Å². The fraction of sp³-hybridized carbons (Fsp3) is 0.333. The highest BCUT2D eigenvalue weighted by molar-refractivity contribution is 14.0. The molecular formula is C18H25IN4. The highest BCUT2D eigenvalue weighted by Crippen LogP contribution is 2.11. The van der Waals surface area contributed by atoms with E-state index in [9.17, 15) is 0 Å². The van der Waals surface area contributed by atoms with Crippen molar-refractivity contribution in [3.63, 3.8) is 0 Å². The van der Waals surface area contributed by atoms with Gasteiger partial charge in [-0.3, -0.25) is 4.98 Å². The van der Waals surface area contributed by atoms with Gasteiger partial charge in [0.15, 0.2) is 5.96 Å². The molecule has 0 spiro atoms. The standard InChI is InChI=1S/C18H24N4.HI/c1-4-19-18(22-13-17-7-5-6-10-20-17)21-12-16-9-8-14(2)11-15(16)3;/h5-11H,4,12-13H2,1-3H3,(H2,19,21,22);1H. The minimum atomic E-state index is 0. The molecule has 1 heterocycles. The number of pyridine rings is 1. The molecule has 0 aliphatic rings. The Morgan fingerprint density at radius 1 is 1.13 bits per heavy atom. The summed E-state index contributed by atoms with van der Waals surface area (Å²) in [5.74, 6) is 0.813. The van der Waals surface area contributed by atoms with Crippen LogP contribution in [-0.2, 0) is 13.1 Å². The van der Waals surface area contributed by atoms with E-state index in [2.05, 4.69) is 59.6 Å². The lowest BCUT2D eigenvalue weighted by molar-refractivity contribution is 0.799. The first-order chi connectivity index (χ1) is 10.7. The number of halogens is 1. The molecule has 0 bridgehead atoms. The third kappa shape index (κ3) is 6.56. The van der Waals surface area contributed by atoms with Crippen LogP contribution in [0.15, 0.2) is 47.6 Å². The summed E-state index contributed by atoms with van der Waals surface area (Å²) in [7, 11) is 0. The summed E-state index contributed by atoms with van der Waals surface area (Å²) in [4.78, 5) is 8.96. The van der Waals surface area contributed by atoms with Gasteiger partial charge in [0.2, 0.25) is 0 Å². The predicted octanol–water partition coefficient (Wildman–Crippen LogP) is 3.57. The average Bonchev–Trinajstić information content (AvgIpc) is 2.52. The van der Waals surface area contributed by atoms with E-state index in [1.807, 2.05) is 18.2 Å². The maximum absolute atomic E-state index is 4.66. The van der Waals surface area contributed by atoms with Gasteiger partial charge in [-0.25, -0.2) is 4.99 Å². The van der Waals surface area contributed by atoms with E-state index in [4.69, 9.17) is 0 Å². The van der Waals surface area contributed by atoms with Gasteiger partial charge in [-0.2, -0.15) is 0 Å². The van der Waals surface area contributed by atoms with Crippen molar-refractivity contribution in [2.24, 2.45) is 4.99 Å². The molecule has 5 heteroatoms. The minimum absolute atomic E-state index is 0. The largest absolute Gasteiger partial charge is 0.357 e. The molecule has 2 aromatic rings. The predicted molar refractivity (Wildman–Crippen MR) is 107 cm³/mol. The molecule has 0 amide bonds. The molecule has 0 saturated carbocycles. The molecule has 0 fully saturated rings. The SMILES string of the molecule is CCNC(=NCc1ccc(C)cc1C)NCc1ccccn1.I. The number of hydrogen-bond donors (Lipinski definition) is 2. The Labute approximate surface area is 155 Å². The third-order valence-electron chi connectivity index (χ3n) is 3.41. The van der Waals surface area contributed by atoms with E-state index >= 15 is 0 Å². The van der Waals surface area contributed by atoms with Crippen molar-refractivity contribution in [3.05, 3.63) is 65.0 Å². The van der Waals surface area contributed by atoms with Gasteiger partial charge in [0.25, 0.3) is 0 Å². The Kier molecular flexibility index (Phi) is 8.61. The second-order valence-corrected chi connectivity index (χ2v) is 5.30. The molecule has 0 radical (unpaired) electrons. The molecule has 0 saturated heterocycles. The first-order valence-corrected chi connectivity index (χ1v) is 7.67. The maximum atomic E-state index is 4.66. The molecule has 1 aromatic heterocycles. The summed E-state index contributed by atoms with van der Waals surface area (Å²) < 4.78 is 0. The van der Waals surface area contributed by atoms with Crippen LogP contribution >= 0.6 is 24.0 Å². The molecule has 2 N–H and O–H groups in total. The summed E-state index contributed by atoms with van der Waals surface area (Å²) in [6.45, 7) is 8.48. The van der Waals surface area contributed by atoms with Crippen molar-refractivity contribution in [1.82, 2.24) is 15.6 Å². The van der Waals surface area contributed by atoms with Gasteiger partial charge >= 0.3 is 0 Å². The first kappa shape index (κ1) is 19.4. The quantitative estimate of drug-likeness (QED) is 0.439. The van der Waals surface area contributed by atoms with Gasteiger partial charge in [0.05, 0.1) is 18.8 Å². The van der Waals surface area contributed by atoms with Crippen LogP contribution in [-0.4, -0.2) is 17.5 Å². The summed E-state index contributed by atoms with van der Waals surface area (Å²) in [6, 6.07) is 12.4. The van der Waals surface area contributed by atoms with Crippen molar-refractivity contribution in [1.29, 1.82) is 0 Å². The summed E-state index contributed by atoms with van der Waals surface area (Å²) in [6.07, 6.45) is 1.80. The number of nitrogens with one attached hydrogen (secondary N) is 2. The van der Waals surface area contributed by atoms with Crippen LogP contribution in [0.3, 0.4) is 0 Å². The van der Waals surface area contributed by atoms with Crippen LogP contribution in [0.25, 0.3) is 0 Å². The average molecular weight is 424 g/mol. The minimum Gasteiger partial charge on any atom is -0.357 e. The van der Waals surface area contributed by atoms with E-state index in [0.29, 0.717) is 13.1 Å². The molecule has 124 valence electrons. The van der Waals surface area contributed by atoms with Gasteiger partial charge in [0, 0.05) is 12.7 Å². The Bertz CT molecular complexity index is 626. The van der Waals surface area contributed by atoms with E-state index in [1.165, 1.54) is 16.7 Å². The van der Waals surface area contributed by atoms with Crippen LogP contribution in [0.2, 0.25) is 0 Å². The number of benzene rings is 1. The molecule has 2 rings (SSSR count). The lowest BCUT2D eigenvalue weighted by Crippen LogP contribution is -2.37. The highest BCUT2D eigenvalue weighted by Gasteiger charge is 2.01. The number of guanidine groups is 1. The zero-order valence-electron chi connectivity index (χ0n) is 14.0. The second-order valence-electron chi connectivity index (χ2n) is 5.30. The zero-order valence-corrected chi connectivity index (χ0v) is 16.3. The van der Waals surface area contributed by atoms with Crippen molar-refractivity contribution >= 4 is 29.9 Å². The second kappa shape index (κ2) is 10.2. The first-order valence-electron chi connectivity index (χ1n) is 7.67. The fourth-order valence-electron chi connectivity index (χ4n) is 2.21. The van der Waals surface area contributed by atoms with Crippen LogP contribution in [0.4, 0.5) is 0 Å². The number of aliphatic imine (C=N–C) groups is 1. The molecule has 0 atom stereocenters. The topological polar surface area (TPSA) is 49.3 Å². The lowest BCUT2D eigenvalue weighted by Gasteiger charge is -2.11. The lowest BCUT2D eigenvalue weighted by atomic mass is 10.1. The highest BCUT2D eigenvalue weighted by atomic mass is 127. The number of nitrogens with zero attached hydrogens (tertiary/aromatic N) is 2. The molecule has 0 aliphatic carbocycles. The molecule has 0 unspecified atom stereocenters. The molecular weight excluding hydrogens is 399 g/mol. The number of aromatic nitrogens is 1. The van der Waals surface area contributed by atoms with Crippen LogP contribution in [0, 0.1) is 13.8 Å². The summed E-state index contributed by atoms with van der Waals surface area (Å²) >= 11 is 0.